The van der Waals surface area contributed by atoms with Crippen LogP contribution >= 0.6 is 0 Å². The molecule has 0 fully saturated rings. The van der Waals surface area contributed by atoms with Crippen molar-refractivity contribution >= 4 is 11.0 Å². The summed E-state index contributed by atoms with van der Waals surface area (Å²) in [7, 11) is 0. The fourth-order valence-corrected chi connectivity index (χ4v) is 4.21. The molecule has 0 unspecified atom stereocenters. The first-order valence-electron chi connectivity index (χ1n) is 11.3. The van der Waals surface area contributed by atoms with Crippen LogP contribution in [0.4, 0.5) is 0 Å². The summed E-state index contributed by atoms with van der Waals surface area (Å²) in [6, 6.07) is 41.3. The van der Waals surface area contributed by atoms with Crippen LogP contribution in [0.3, 0.4) is 0 Å². The van der Waals surface area contributed by atoms with Crippen LogP contribution in [-0.4, -0.2) is 15.0 Å². The van der Waals surface area contributed by atoms with E-state index in [4.69, 9.17) is 9.97 Å². The molecule has 0 radical (unpaired) electrons. The summed E-state index contributed by atoms with van der Waals surface area (Å²) in [6.07, 6.45) is 1.83. The zero-order valence-corrected chi connectivity index (χ0v) is 18.5. The van der Waals surface area contributed by atoms with Crippen LogP contribution in [0, 0.1) is 0 Å². The Bertz CT molecular complexity index is 1570. The molecule has 34 heavy (non-hydrogen) atoms. The minimum absolute atomic E-state index is 0.888. The van der Waals surface area contributed by atoms with E-state index in [0.29, 0.717) is 0 Å². The normalized spacial score (nSPS) is 10.9. The molecule has 6 aromatic rings. The zero-order valence-electron chi connectivity index (χ0n) is 18.5. The Balaban J connectivity index is 1.42. The second kappa shape index (κ2) is 8.72. The van der Waals surface area contributed by atoms with E-state index in [1.54, 1.807) is 0 Å². The molecule has 6 rings (SSSR count). The molecular weight excluding hydrogens is 414 g/mol. The predicted molar refractivity (Wildman–Crippen MR) is 139 cm³/mol. The number of aromatic nitrogens is 3. The van der Waals surface area contributed by atoms with Crippen molar-refractivity contribution in [2.45, 2.75) is 0 Å². The first-order valence-corrected chi connectivity index (χ1v) is 11.3. The summed E-state index contributed by atoms with van der Waals surface area (Å²) in [5.74, 6) is 0. The van der Waals surface area contributed by atoms with Gasteiger partial charge in [-0.2, -0.15) is 0 Å². The highest BCUT2D eigenvalue weighted by atomic mass is 14.8. The Morgan fingerprint density at radius 1 is 0.382 bits per heavy atom. The quantitative estimate of drug-likeness (QED) is 0.285. The average molecular weight is 436 g/mol. The molecular formula is C31H21N3. The van der Waals surface area contributed by atoms with Gasteiger partial charge in [0.15, 0.2) is 0 Å². The molecule has 0 aliphatic heterocycles. The molecule has 3 heteroatoms. The van der Waals surface area contributed by atoms with Crippen LogP contribution in [0.2, 0.25) is 0 Å². The molecule has 0 spiro atoms. The van der Waals surface area contributed by atoms with Gasteiger partial charge in [-0.25, -0.2) is 9.97 Å². The first-order chi connectivity index (χ1) is 16.8. The topological polar surface area (TPSA) is 38.7 Å². The van der Waals surface area contributed by atoms with E-state index < -0.39 is 0 Å². The average Bonchev–Trinajstić information content (AvgIpc) is 2.93. The lowest BCUT2D eigenvalue weighted by Gasteiger charge is -2.11. The maximum absolute atomic E-state index is 5.01. The number of hydrogen-bond donors (Lipinski definition) is 0. The Morgan fingerprint density at radius 2 is 0.941 bits per heavy atom. The van der Waals surface area contributed by atoms with Gasteiger partial charge in [0.2, 0.25) is 0 Å². The van der Waals surface area contributed by atoms with Crippen molar-refractivity contribution in [1.29, 1.82) is 0 Å². The summed E-state index contributed by atoms with van der Waals surface area (Å²) in [4.78, 5) is 14.5. The highest BCUT2D eigenvalue weighted by Gasteiger charge is 2.13. The lowest BCUT2D eigenvalue weighted by molar-refractivity contribution is 1.29. The highest BCUT2D eigenvalue weighted by molar-refractivity contribution is 5.86. The molecule has 160 valence electrons. The molecule has 3 nitrogen and oxygen atoms in total. The molecule has 0 saturated heterocycles. The van der Waals surface area contributed by atoms with Crippen molar-refractivity contribution in [3.63, 3.8) is 0 Å². The standard InChI is InChI=1S/C31H21N3/c1-2-9-23(10-3-1)30-31(34-29-15-5-4-14-28(29)33-30)24-18-16-22(17-19-24)25-11-8-12-26(21-25)27-13-6-7-20-32-27/h1-21H. The molecule has 0 aliphatic rings. The van der Waals surface area contributed by atoms with Gasteiger partial charge in [0.25, 0.3) is 0 Å². The van der Waals surface area contributed by atoms with Gasteiger partial charge in [-0.3, -0.25) is 4.98 Å². The van der Waals surface area contributed by atoms with Crippen molar-refractivity contribution in [2.75, 3.05) is 0 Å². The molecule has 0 N–H and O–H groups in total. The number of hydrogen-bond acceptors (Lipinski definition) is 3. The Labute approximate surface area is 198 Å². The van der Waals surface area contributed by atoms with Gasteiger partial charge < -0.3 is 0 Å². The number of benzene rings is 4. The van der Waals surface area contributed by atoms with E-state index >= 15 is 0 Å². The highest BCUT2D eigenvalue weighted by Crippen LogP contribution is 2.33. The monoisotopic (exact) mass is 435 g/mol. The van der Waals surface area contributed by atoms with Crippen LogP contribution in [0.5, 0.6) is 0 Å². The number of nitrogens with zero attached hydrogens (tertiary/aromatic N) is 3. The molecule has 2 heterocycles. The maximum Gasteiger partial charge on any atom is 0.0973 e. The van der Waals surface area contributed by atoms with E-state index in [1.165, 1.54) is 0 Å². The molecule has 0 atom stereocenters. The lowest BCUT2D eigenvalue weighted by Crippen LogP contribution is -1.95. The van der Waals surface area contributed by atoms with Gasteiger partial charge in [-0.05, 0) is 41.5 Å². The summed E-state index contributed by atoms with van der Waals surface area (Å²) in [6.45, 7) is 0. The van der Waals surface area contributed by atoms with E-state index in [9.17, 15) is 0 Å². The third kappa shape index (κ3) is 3.84. The zero-order chi connectivity index (χ0) is 22.7. The number of para-hydroxylation sites is 2. The molecule has 4 aromatic carbocycles. The molecule has 0 saturated carbocycles. The van der Waals surface area contributed by atoms with Crippen molar-refractivity contribution < 1.29 is 0 Å². The molecule has 2 aromatic heterocycles. The van der Waals surface area contributed by atoms with Crippen LogP contribution < -0.4 is 0 Å². The smallest absolute Gasteiger partial charge is 0.0973 e. The van der Waals surface area contributed by atoms with Crippen LogP contribution in [0.15, 0.2) is 128 Å². The van der Waals surface area contributed by atoms with Gasteiger partial charge in [0.05, 0.1) is 28.1 Å². The maximum atomic E-state index is 5.01. The number of rotatable bonds is 4. The van der Waals surface area contributed by atoms with Crippen LogP contribution in [0.1, 0.15) is 0 Å². The fraction of sp³-hybridized carbons (Fsp3) is 0. The van der Waals surface area contributed by atoms with Crippen molar-refractivity contribution in [3.8, 4) is 44.9 Å². The molecule has 0 amide bonds. The first kappa shape index (κ1) is 20.0. The second-order valence-corrected chi connectivity index (χ2v) is 8.15. The second-order valence-electron chi connectivity index (χ2n) is 8.15. The minimum Gasteiger partial charge on any atom is -0.256 e. The minimum atomic E-state index is 0.888. The van der Waals surface area contributed by atoms with Gasteiger partial charge in [0.1, 0.15) is 0 Å². The predicted octanol–water partition coefficient (Wildman–Crippen LogP) is 7.69. The van der Waals surface area contributed by atoms with Crippen molar-refractivity contribution in [3.05, 3.63) is 128 Å². The lowest BCUT2D eigenvalue weighted by atomic mass is 9.98. The molecule has 0 bridgehead atoms. The van der Waals surface area contributed by atoms with Crippen molar-refractivity contribution in [2.24, 2.45) is 0 Å². The third-order valence-electron chi connectivity index (χ3n) is 5.93. The SMILES string of the molecule is c1ccc(-c2nc3ccccc3nc2-c2ccc(-c3cccc(-c4ccccn4)c3)cc2)cc1. The van der Waals surface area contributed by atoms with Crippen LogP contribution in [-0.2, 0) is 0 Å². The van der Waals surface area contributed by atoms with E-state index in [-0.39, 0.29) is 0 Å². The number of pyridine rings is 1. The third-order valence-corrected chi connectivity index (χ3v) is 5.93. The van der Waals surface area contributed by atoms with E-state index in [0.717, 1.165) is 55.9 Å². The van der Waals surface area contributed by atoms with E-state index in [1.807, 2.05) is 66.9 Å². The Hall–Kier alpha value is -4.63. The largest absolute Gasteiger partial charge is 0.256 e. The molecule has 0 aliphatic carbocycles. The Morgan fingerprint density at radius 3 is 1.62 bits per heavy atom. The van der Waals surface area contributed by atoms with Gasteiger partial charge in [-0.15, -0.1) is 0 Å². The van der Waals surface area contributed by atoms with Crippen LogP contribution in [0.25, 0.3) is 55.9 Å². The van der Waals surface area contributed by atoms with Gasteiger partial charge in [0, 0.05) is 22.9 Å². The van der Waals surface area contributed by atoms with Gasteiger partial charge >= 0.3 is 0 Å². The van der Waals surface area contributed by atoms with Gasteiger partial charge in [-0.1, -0.05) is 91.0 Å². The Kier molecular flexibility index (Phi) is 5.13. The summed E-state index contributed by atoms with van der Waals surface area (Å²) in [5, 5.41) is 0. The summed E-state index contributed by atoms with van der Waals surface area (Å²) < 4.78 is 0. The number of fused-ring (bicyclic) bond motifs is 1. The van der Waals surface area contributed by atoms with E-state index in [2.05, 4.69) is 65.6 Å². The summed E-state index contributed by atoms with van der Waals surface area (Å²) >= 11 is 0. The summed E-state index contributed by atoms with van der Waals surface area (Å²) in [5.41, 5.74) is 10.1. The van der Waals surface area contributed by atoms with Crippen molar-refractivity contribution in [1.82, 2.24) is 15.0 Å². The fourth-order valence-electron chi connectivity index (χ4n) is 4.21.